The summed E-state index contributed by atoms with van der Waals surface area (Å²) in [7, 11) is 0. The van der Waals surface area contributed by atoms with Crippen LogP contribution in [0.15, 0.2) is 36.7 Å². The lowest BCUT2D eigenvalue weighted by molar-refractivity contribution is -0.123. The first kappa shape index (κ1) is 15.1. The van der Waals surface area contributed by atoms with Crippen LogP contribution in [-0.4, -0.2) is 27.0 Å². The molecule has 2 rings (SSSR count). The second-order valence-corrected chi connectivity index (χ2v) is 4.92. The zero-order valence-electron chi connectivity index (χ0n) is 11.9. The van der Waals surface area contributed by atoms with Crippen molar-refractivity contribution >= 4 is 5.91 Å². The standard InChI is InChI=1S/C15H20N4O2/c1-2-13(14-17-7-8-18-14)19-15(21)12(16)9-10-3-5-11(20)6-4-10/h3-8,12-13,20H,2,9,16H2,1H3,(H,17,18)(H,19,21)/t12-,13?/m1/s1. The number of nitrogens with two attached hydrogens (primary N) is 1. The minimum Gasteiger partial charge on any atom is -0.508 e. The molecule has 0 aliphatic carbocycles. The van der Waals surface area contributed by atoms with E-state index in [1.54, 1.807) is 36.7 Å². The molecular formula is C15H20N4O2. The van der Waals surface area contributed by atoms with Gasteiger partial charge in [0.15, 0.2) is 0 Å². The maximum Gasteiger partial charge on any atom is 0.237 e. The summed E-state index contributed by atoms with van der Waals surface area (Å²) in [4.78, 5) is 19.3. The number of aromatic nitrogens is 2. The molecule has 1 unspecified atom stereocenters. The van der Waals surface area contributed by atoms with E-state index in [0.29, 0.717) is 6.42 Å². The lowest BCUT2D eigenvalue weighted by Gasteiger charge is -2.18. The second-order valence-electron chi connectivity index (χ2n) is 4.92. The van der Waals surface area contributed by atoms with E-state index in [9.17, 15) is 9.90 Å². The van der Waals surface area contributed by atoms with Crippen LogP contribution in [0.2, 0.25) is 0 Å². The molecule has 1 amide bonds. The Balaban J connectivity index is 1.94. The molecule has 1 aromatic carbocycles. The van der Waals surface area contributed by atoms with Gasteiger partial charge in [-0.15, -0.1) is 0 Å². The van der Waals surface area contributed by atoms with Crippen LogP contribution in [0.4, 0.5) is 0 Å². The van der Waals surface area contributed by atoms with Gasteiger partial charge in [-0.05, 0) is 30.5 Å². The zero-order chi connectivity index (χ0) is 15.2. The third kappa shape index (κ3) is 4.06. The first-order valence-corrected chi connectivity index (χ1v) is 6.93. The summed E-state index contributed by atoms with van der Waals surface area (Å²) in [6, 6.07) is 5.87. The predicted molar refractivity (Wildman–Crippen MR) is 79.5 cm³/mol. The van der Waals surface area contributed by atoms with Gasteiger partial charge in [0.25, 0.3) is 0 Å². The van der Waals surface area contributed by atoms with Crippen LogP contribution in [0.1, 0.15) is 30.8 Å². The molecule has 0 saturated heterocycles. The van der Waals surface area contributed by atoms with Crippen molar-refractivity contribution in [3.8, 4) is 5.75 Å². The fraction of sp³-hybridized carbons (Fsp3) is 0.333. The van der Waals surface area contributed by atoms with Gasteiger partial charge in [0.2, 0.25) is 5.91 Å². The van der Waals surface area contributed by atoms with E-state index in [4.69, 9.17) is 5.73 Å². The molecule has 0 aliphatic rings. The lowest BCUT2D eigenvalue weighted by Crippen LogP contribution is -2.43. The van der Waals surface area contributed by atoms with Crippen LogP contribution in [0.3, 0.4) is 0 Å². The Kier molecular flexibility index (Phi) is 4.94. The Hall–Kier alpha value is -2.34. The van der Waals surface area contributed by atoms with Gasteiger partial charge in [-0.3, -0.25) is 4.79 Å². The number of imidazole rings is 1. The first-order chi connectivity index (χ1) is 10.1. The van der Waals surface area contributed by atoms with Crippen molar-refractivity contribution < 1.29 is 9.90 Å². The monoisotopic (exact) mass is 288 g/mol. The average Bonchev–Trinajstić information content (AvgIpc) is 3.01. The second kappa shape index (κ2) is 6.90. The van der Waals surface area contributed by atoms with Crippen molar-refractivity contribution in [1.82, 2.24) is 15.3 Å². The normalized spacial score (nSPS) is 13.6. The average molecular weight is 288 g/mol. The largest absolute Gasteiger partial charge is 0.508 e. The Morgan fingerprint density at radius 3 is 2.71 bits per heavy atom. The maximum absolute atomic E-state index is 12.2. The molecular weight excluding hydrogens is 268 g/mol. The molecule has 0 spiro atoms. The van der Waals surface area contributed by atoms with Crippen LogP contribution in [-0.2, 0) is 11.2 Å². The molecule has 21 heavy (non-hydrogen) atoms. The van der Waals surface area contributed by atoms with Gasteiger partial charge in [-0.1, -0.05) is 19.1 Å². The SMILES string of the molecule is CCC(NC(=O)[C@H](N)Cc1ccc(O)cc1)c1ncc[nH]1. The van der Waals surface area contributed by atoms with Crippen molar-refractivity contribution in [2.45, 2.75) is 31.8 Å². The van der Waals surface area contributed by atoms with Gasteiger partial charge in [0.05, 0.1) is 12.1 Å². The van der Waals surface area contributed by atoms with Crippen molar-refractivity contribution in [2.75, 3.05) is 0 Å². The first-order valence-electron chi connectivity index (χ1n) is 6.93. The van der Waals surface area contributed by atoms with Gasteiger partial charge in [-0.25, -0.2) is 4.98 Å². The Morgan fingerprint density at radius 1 is 1.43 bits per heavy atom. The van der Waals surface area contributed by atoms with Crippen molar-refractivity contribution in [2.24, 2.45) is 5.73 Å². The van der Waals surface area contributed by atoms with E-state index < -0.39 is 6.04 Å². The molecule has 5 N–H and O–H groups in total. The number of amides is 1. The van der Waals surface area contributed by atoms with E-state index in [1.807, 2.05) is 6.92 Å². The van der Waals surface area contributed by atoms with Gasteiger partial charge in [0.1, 0.15) is 11.6 Å². The number of benzene rings is 1. The number of nitrogens with one attached hydrogen (secondary N) is 2. The number of nitrogens with zero attached hydrogens (tertiary/aromatic N) is 1. The molecule has 1 aromatic heterocycles. The Labute approximate surface area is 123 Å². The third-order valence-electron chi connectivity index (χ3n) is 3.30. The number of carbonyl (C=O) groups excluding carboxylic acids is 1. The summed E-state index contributed by atoms with van der Waals surface area (Å²) in [5, 5.41) is 12.1. The minimum atomic E-state index is -0.640. The number of rotatable bonds is 6. The van der Waals surface area contributed by atoms with Crippen molar-refractivity contribution in [1.29, 1.82) is 0 Å². The fourth-order valence-electron chi connectivity index (χ4n) is 2.09. The molecule has 2 aromatic rings. The van der Waals surface area contributed by atoms with Gasteiger partial charge in [-0.2, -0.15) is 0 Å². The van der Waals surface area contributed by atoms with E-state index in [2.05, 4.69) is 15.3 Å². The fourth-order valence-corrected chi connectivity index (χ4v) is 2.09. The van der Waals surface area contributed by atoms with Crippen LogP contribution >= 0.6 is 0 Å². The predicted octanol–water partition coefficient (Wildman–Crippen LogP) is 1.25. The van der Waals surface area contributed by atoms with Crippen molar-refractivity contribution in [3.63, 3.8) is 0 Å². The number of carbonyl (C=O) groups is 1. The number of aromatic amines is 1. The highest BCUT2D eigenvalue weighted by atomic mass is 16.3. The molecule has 6 heteroatoms. The summed E-state index contributed by atoms with van der Waals surface area (Å²) in [5.41, 5.74) is 6.84. The summed E-state index contributed by atoms with van der Waals surface area (Å²) < 4.78 is 0. The van der Waals surface area contributed by atoms with Crippen LogP contribution in [0.5, 0.6) is 5.75 Å². The number of H-pyrrole nitrogens is 1. The Bertz CT molecular complexity index is 566. The summed E-state index contributed by atoms with van der Waals surface area (Å²) in [5.74, 6) is 0.703. The molecule has 0 radical (unpaired) electrons. The van der Waals surface area contributed by atoms with Gasteiger partial charge < -0.3 is 21.1 Å². The van der Waals surface area contributed by atoms with Crippen LogP contribution < -0.4 is 11.1 Å². The van der Waals surface area contributed by atoms with E-state index in [0.717, 1.165) is 17.8 Å². The number of hydrogen-bond acceptors (Lipinski definition) is 4. The maximum atomic E-state index is 12.2. The number of phenols is 1. The third-order valence-corrected chi connectivity index (χ3v) is 3.30. The molecule has 2 atom stereocenters. The van der Waals surface area contributed by atoms with Gasteiger partial charge in [0, 0.05) is 12.4 Å². The molecule has 112 valence electrons. The Morgan fingerprint density at radius 2 is 2.14 bits per heavy atom. The van der Waals surface area contributed by atoms with Crippen molar-refractivity contribution in [3.05, 3.63) is 48.0 Å². The molecule has 6 nitrogen and oxygen atoms in total. The topological polar surface area (TPSA) is 104 Å². The van der Waals surface area contributed by atoms with E-state index in [1.165, 1.54) is 0 Å². The highest BCUT2D eigenvalue weighted by molar-refractivity contribution is 5.82. The molecule has 0 bridgehead atoms. The molecule has 1 heterocycles. The van der Waals surface area contributed by atoms with Gasteiger partial charge >= 0.3 is 0 Å². The number of phenolic OH excluding ortho intramolecular Hbond substituents is 1. The smallest absolute Gasteiger partial charge is 0.237 e. The quantitative estimate of drug-likeness (QED) is 0.642. The van der Waals surface area contributed by atoms with E-state index >= 15 is 0 Å². The number of hydrogen-bond donors (Lipinski definition) is 4. The highest BCUT2D eigenvalue weighted by Gasteiger charge is 2.19. The minimum absolute atomic E-state index is 0.168. The molecule has 0 saturated carbocycles. The van der Waals surface area contributed by atoms with Crippen LogP contribution in [0.25, 0.3) is 0 Å². The van der Waals surface area contributed by atoms with E-state index in [-0.39, 0.29) is 17.7 Å². The number of aromatic hydroxyl groups is 1. The molecule has 0 aliphatic heterocycles. The van der Waals surface area contributed by atoms with Crippen LogP contribution in [0, 0.1) is 0 Å². The summed E-state index contributed by atoms with van der Waals surface area (Å²) in [6.07, 6.45) is 4.52. The molecule has 0 fully saturated rings. The summed E-state index contributed by atoms with van der Waals surface area (Å²) in [6.45, 7) is 1.97. The highest BCUT2D eigenvalue weighted by Crippen LogP contribution is 2.13. The summed E-state index contributed by atoms with van der Waals surface area (Å²) >= 11 is 0. The zero-order valence-corrected chi connectivity index (χ0v) is 11.9. The lowest BCUT2D eigenvalue weighted by atomic mass is 10.1.